The molecule has 192 valence electrons. The summed E-state index contributed by atoms with van der Waals surface area (Å²) in [6.07, 6.45) is 3.58. The van der Waals surface area contributed by atoms with E-state index < -0.39 is 5.97 Å². The average molecular weight is 519 g/mol. The standard InChI is InChI=1S/C36H26N2O2/c37-26-31(36(39)40)24-27-16-20-33(21-17-27)38(32-14-8-3-9-15-32)34-22-18-28(19-23-34)25-35(29-10-4-1-5-11-29)30-12-6-2-7-13-30/h1-25H,(H,39,40)/b31-24-. The van der Waals surface area contributed by atoms with Gasteiger partial charge in [0, 0.05) is 17.1 Å². The molecule has 0 radical (unpaired) electrons. The van der Waals surface area contributed by atoms with Gasteiger partial charge < -0.3 is 10.0 Å². The van der Waals surface area contributed by atoms with Crippen LogP contribution in [0.3, 0.4) is 0 Å². The van der Waals surface area contributed by atoms with Gasteiger partial charge in [0.05, 0.1) is 0 Å². The van der Waals surface area contributed by atoms with Gasteiger partial charge in [0.25, 0.3) is 0 Å². The van der Waals surface area contributed by atoms with Crippen LogP contribution in [-0.2, 0) is 4.79 Å². The van der Waals surface area contributed by atoms with E-state index in [-0.39, 0.29) is 5.57 Å². The molecule has 0 spiro atoms. The molecule has 0 saturated carbocycles. The molecule has 5 rings (SSSR count). The third-order valence-electron chi connectivity index (χ3n) is 6.46. The normalized spacial score (nSPS) is 10.8. The van der Waals surface area contributed by atoms with E-state index in [0.29, 0.717) is 5.56 Å². The highest BCUT2D eigenvalue weighted by Gasteiger charge is 2.13. The van der Waals surface area contributed by atoms with E-state index in [0.717, 1.165) is 39.3 Å². The Balaban J connectivity index is 1.51. The van der Waals surface area contributed by atoms with E-state index >= 15 is 0 Å². The Kier molecular flexibility index (Phi) is 7.96. The number of carboxylic acid groups (broad SMARTS) is 1. The number of nitriles is 1. The van der Waals surface area contributed by atoms with E-state index in [1.165, 1.54) is 6.08 Å². The fraction of sp³-hybridized carbons (Fsp3) is 0. The first-order valence-corrected chi connectivity index (χ1v) is 12.9. The highest BCUT2D eigenvalue weighted by molar-refractivity contribution is 5.96. The Morgan fingerprint density at radius 2 is 0.975 bits per heavy atom. The second-order valence-corrected chi connectivity index (χ2v) is 9.12. The van der Waals surface area contributed by atoms with Crippen LogP contribution < -0.4 is 4.90 Å². The Morgan fingerprint density at radius 3 is 1.40 bits per heavy atom. The van der Waals surface area contributed by atoms with Gasteiger partial charge in [0.15, 0.2) is 0 Å². The van der Waals surface area contributed by atoms with E-state index in [9.17, 15) is 9.90 Å². The number of carboxylic acids is 1. The Hall–Kier alpha value is -5.66. The molecule has 0 aliphatic heterocycles. The monoisotopic (exact) mass is 518 g/mol. The van der Waals surface area contributed by atoms with Gasteiger partial charge in [-0.25, -0.2) is 4.79 Å². The summed E-state index contributed by atoms with van der Waals surface area (Å²) in [5, 5.41) is 18.3. The minimum atomic E-state index is -1.24. The smallest absolute Gasteiger partial charge is 0.346 e. The molecule has 0 heterocycles. The molecule has 0 aliphatic carbocycles. The summed E-state index contributed by atoms with van der Waals surface area (Å²) >= 11 is 0. The highest BCUT2D eigenvalue weighted by Crippen LogP contribution is 2.35. The summed E-state index contributed by atoms with van der Waals surface area (Å²) in [6.45, 7) is 0. The molecule has 0 atom stereocenters. The Bertz CT molecular complexity index is 1640. The number of rotatable bonds is 8. The number of carbonyl (C=O) groups is 1. The third-order valence-corrected chi connectivity index (χ3v) is 6.46. The van der Waals surface area contributed by atoms with Crippen LogP contribution in [0, 0.1) is 11.3 Å². The van der Waals surface area contributed by atoms with Gasteiger partial charge in [0.1, 0.15) is 11.6 Å². The molecular formula is C36H26N2O2. The molecule has 0 saturated heterocycles. The summed E-state index contributed by atoms with van der Waals surface area (Å²) in [5.41, 5.74) is 7.76. The fourth-order valence-electron chi connectivity index (χ4n) is 4.51. The van der Waals surface area contributed by atoms with Crippen molar-refractivity contribution in [1.82, 2.24) is 0 Å². The SMILES string of the molecule is N#C/C(=C/c1ccc(N(c2ccccc2)c2ccc(C=C(c3ccccc3)c3ccccc3)cc2)cc1)C(=O)O. The molecule has 0 aliphatic rings. The van der Waals surface area contributed by atoms with Gasteiger partial charge in [-0.2, -0.15) is 5.26 Å². The van der Waals surface area contributed by atoms with E-state index in [1.807, 2.05) is 66.7 Å². The molecule has 40 heavy (non-hydrogen) atoms. The molecule has 5 aromatic rings. The lowest BCUT2D eigenvalue weighted by Crippen LogP contribution is -2.09. The zero-order chi connectivity index (χ0) is 27.7. The molecule has 1 N–H and O–H groups in total. The zero-order valence-electron chi connectivity index (χ0n) is 21.7. The van der Waals surface area contributed by atoms with Crippen molar-refractivity contribution in [2.45, 2.75) is 0 Å². The lowest BCUT2D eigenvalue weighted by molar-refractivity contribution is -0.132. The lowest BCUT2D eigenvalue weighted by Gasteiger charge is -2.25. The molecule has 4 heteroatoms. The summed E-state index contributed by atoms with van der Waals surface area (Å²) < 4.78 is 0. The highest BCUT2D eigenvalue weighted by atomic mass is 16.4. The maximum atomic E-state index is 11.2. The van der Waals surface area contributed by atoms with Gasteiger partial charge in [-0.3, -0.25) is 0 Å². The van der Waals surface area contributed by atoms with Crippen molar-refractivity contribution < 1.29 is 9.90 Å². The van der Waals surface area contributed by atoms with Crippen molar-refractivity contribution >= 4 is 40.8 Å². The lowest BCUT2D eigenvalue weighted by atomic mass is 9.95. The first-order valence-electron chi connectivity index (χ1n) is 12.9. The summed E-state index contributed by atoms with van der Waals surface area (Å²) in [6, 6.07) is 48.4. The van der Waals surface area contributed by atoms with Gasteiger partial charge in [0.2, 0.25) is 0 Å². The minimum Gasteiger partial charge on any atom is -0.477 e. The van der Waals surface area contributed by atoms with E-state index in [1.54, 1.807) is 6.07 Å². The van der Waals surface area contributed by atoms with Crippen LogP contribution in [0.1, 0.15) is 22.3 Å². The Morgan fingerprint density at radius 1 is 0.575 bits per heavy atom. The van der Waals surface area contributed by atoms with Gasteiger partial charge >= 0.3 is 5.97 Å². The van der Waals surface area contributed by atoms with Gasteiger partial charge in [-0.1, -0.05) is 103 Å². The summed E-state index contributed by atoms with van der Waals surface area (Å²) in [4.78, 5) is 13.4. The molecular weight excluding hydrogens is 492 g/mol. The number of hydrogen-bond acceptors (Lipinski definition) is 3. The van der Waals surface area contributed by atoms with Crippen LogP contribution in [-0.4, -0.2) is 11.1 Å². The quantitative estimate of drug-likeness (QED) is 0.127. The molecule has 0 bridgehead atoms. The van der Waals surface area contributed by atoms with Gasteiger partial charge in [-0.05, 0) is 76.4 Å². The van der Waals surface area contributed by atoms with E-state index in [4.69, 9.17) is 5.26 Å². The van der Waals surface area contributed by atoms with E-state index in [2.05, 4.69) is 83.8 Å². The zero-order valence-corrected chi connectivity index (χ0v) is 21.7. The van der Waals surface area contributed by atoms with Crippen molar-refractivity contribution in [2.75, 3.05) is 4.90 Å². The topological polar surface area (TPSA) is 64.3 Å². The van der Waals surface area contributed by atoms with Crippen LogP contribution in [0.15, 0.2) is 145 Å². The number of benzene rings is 5. The van der Waals surface area contributed by atoms with Crippen LogP contribution in [0.25, 0.3) is 17.7 Å². The predicted octanol–water partition coefficient (Wildman–Crippen LogP) is 8.74. The second kappa shape index (κ2) is 12.3. The first kappa shape index (κ1) is 26.0. The van der Waals surface area contributed by atoms with Crippen molar-refractivity contribution in [3.8, 4) is 6.07 Å². The average Bonchev–Trinajstić information content (AvgIpc) is 3.01. The summed E-state index contributed by atoms with van der Waals surface area (Å²) in [7, 11) is 0. The summed E-state index contributed by atoms with van der Waals surface area (Å²) in [5.74, 6) is -1.24. The molecule has 4 nitrogen and oxygen atoms in total. The van der Waals surface area contributed by atoms with Crippen molar-refractivity contribution in [1.29, 1.82) is 5.26 Å². The number of anilines is 3. The fourth-order valence-corrected chi connectivity index (χ4v) is 4.51. The van der Waals surface area contributed by atoms with Crippen molar-refractivity contribution in [3.05, 3.63) is 167 Å². The number of aliphatic carboxylic acids is 1. The van der Waals surface area contributed by atoms with Crippen LogP contribution in [0.5, 0.6) is 0 Å². The van der Waals surface area contributed by atoms with Crippen molar-refractivity contribution in [3.63, 3.8) is 0 Å². The Labute approximate surface area is 234 Å². The van der Waals surface area contributed by atoms with Crippen LogP contribution in [0.2, 0.25) is 0 Å². The van der Waals surface area contributed by atoms with Crippen LogP contribution in [0.4, 0.5) is 17.1 Å². The largest absolute Gasteiger partial charge is 0.477 e. The number of hydrogen-bond donors (Lipinski definition) is 1. The molecule has 5 aromatic carbocycles. The number of para-hydroxylation sites is 1. The second-order valence-electron chi connectivity index (χ2n) is 9.12. The van der Waals surface area contributed by atoms with Gasteiger partial charge in [-0.15, -0.1) is 0 Å². The molecule has 0 amide bonds. The maximum Gasteiger partial charge on any atom is 0.346 e. The van der Waals surface area contributed by atoms with Crippen LogP contribution >= 0.6 is 0 Å². The molecule has 0 fully saturated rings. The minimum absolute atomic E-state index is 0.304. The number of nitrogens with zero attached hydrogens (tertiary/aromatic N) is 2. The predicted molar refractivity (Wildman–Crippen MR) is 162 cm³/mol. The third kappa shape index (κ3) is 6.07. The first-order chi connectivity index (χ1) is 19.6. The maximum absolute atomic E-state index is 11.2. The molecule has 0 aromatic heterocycles. The van der Waals surface area contributed by atoms with Crippen molar-refractivity contribution in [2.24, 2.45) is 0 Å². The molecule has 0 unspecified atom stereocenters.